The van der Waals surface area contributed by atoms with Gasteiger partial charge in [0, 0.05) is 0 Å². The van der Waals surface area contributed by atoms with Gasteiger partial charge in [-0.2, -0.15) is 0 Å². The van der Waals surface area contributed by atoms with Gasteiger partial charge in [-0.15, -0.1) is 0 Å². The van der Waals surface area contributed by atoms with Gasteiger partial charge in [-0.25, -0.2) is 0 Å². The van der Waals surface area contributed by atoms with Crippen LogP contribution in [-0.4, -0.2) is 61.3 Å². The molecule has 0 atom stereocenters. The van der Waals surface area contributed by atoms with Gasteiger partial charge < -0.3 is 8.97 Å². The zero-order valence-electron chi connectivity index (χ0n) is 16.4. The second-order valence-corrected chi connectivity index (χ2v) is 15.8. The van der Waals surface area contributed by atoms with Gasteiger partial charge in [0.25, 0.3) is 0 Å². The van der Waals surface area contributed by atoms with E-state index in [0.717, 1.165) is 0 Å². The summed E-state index contributed by atoms with van der Waals surface area (Å²) in [4.78, 5) is 0. The molecule has 0 spiro atoms. The average molecular weight is 461 g/mol. The van der Waals surface area contributed by atoms with E-state index in [2.05, 4.69) is 55.4 Å². The first-order chi connectivity index (χ1) is 10.5. The number of rotatable bonds is 8. The molecule has 0 aromatic carbocycles. The van der Waals surface area contributed by atoms with Crippen LogP contribution in [0.3, 0.4) is 0 Å². The van der Waals surface area contributed by atoms with Crippen molar-refractivity contribution in [2.24, 2.45) is 0 Å². The molecular weight excluding hydrogens is 421 g/mol. The summed E-state index contributed by atoms with van der Waals surface area (Å²) in [5.41, 5.74) is 0. The van der Waals surface area contributed by atoms with E-state index in [-0.39, 0.29) is 0 Å². The van der Waals surface area contributed by atoms with Gasteiger partial charge in [-0.1, -0.05) is 0 Å². The maximum atomic E-state index is 4.94. The van der Waals surface area contributed by atoms with E-state index in [1.165, 1.54) is 61.3 Å². The second-order valence-electron chi connectivity index (χ2n) is 5.50. The predicted molar refractivity (Wildman–Crippen MR) is 108 cm³/mol. The van der Waals surface area contributed by atoms with Gasteiger partial charge >= 0.3 is 49.6 Å². The molecule has 149 valence electrons. The molecule has 0 radical (unpaired) electrons. The van der Waals surface area contributed by atoms with Crippen LogP contribution in [0.4, 0.5) is 0 Å². The summed E-state index contributed by atoms with van der Waals surface area (Å²) in [6.07, 6.45) is 0. The molecule has 7 heteroatoms. The van der Waals surface area contributed by atoms with Crippen LogP contribution < -0.4 is 0 Å². The monoisotopic (exact) mass is 459 g/mol. The van der Waals surface area contributed by atoms with Crippen molar-refractivity contribution in [1.82, 2.24) is 0 Å². The van der Waals surface area contributed by atoms with Crippen molar-refractivity contribution < 1.29 is 18.0 Å². The first-order valence-electron chi connectivity index (χ1n) is 8.69. The van der Waals surface area contributed by atoms with Crippen molar-refractivity contribution >= 4 is 40.6 Å². The topological polar surface area (TPSA) is 0 Å². The fraction of sp³-hybridized carbons (Fsp3) is 1.00. The Morgan fingerprint density at radius 2 is 0.522 bits per heavy atom. The first kappa shape index (κ1) is 29.4. The van der Waals surface area contributed by atoms with Gasteiger partial charge in [-0.05, 0) is 55.4 Å². The van der Waals surface area contributed by atoms with Crippen molar-refractivity contribution in [2.45, 2.75) is 55.4 Å². The van der Waals surface area contributed by atoms with Crippen LogP contribution in [0.1, 0.15) is 55.4 Å². The minimum atomic E-state index is -2.49. The van der Waals surface area contributed by atoms with E-state index in [1.54, 1.807) is 0 Å². The third-order valence-corrected chi connectivity index (χ3v) is 5.37. The Labute approximate surface area is 165 Å². The molecule has 0 saturated carbocycles. The van der Waals surface area contributed by atoms with Crippen molar-refractivity contribution in [3.8, 4) is 0 Å². The second kappa shape index (κ2) is 15.8. The van der Waals surface area contributed by atoms with Crippen molar-refractivity contribution in [3.05, 3.63) is 0 Å². The molecule has 0 unspecified atom stereocenters. The molecule has 0 N–H and O–H groups in total. The Morgan fingerprint density at radius 1 is 0.435 bits per heavy atom. The van der Waals surface area contributed by atoms with Crippen molar-refractivity contribution in [3.63, 3.8) is 0 Å². The molecule has 0 aromatic rings. The third-order valence-electron chi connectivity index (χ3n) is 5.37. The Balaban J connectivity index is -0.000000273. The summed E-state index contributed by atoms with van der Waals surface area (Å²) < 4.78 is 2.56. The van der Waals surface area contributed by atoms with Crippen LogP contribution >= 0.6 is 40.6 Å². The SMILES string of the molecule is CC[N+](CC)(CC)CC.CC[N+](CC)(CC)CC.[Cl][Co]([Cl])([Cl])[Cl]. The van der Waals surface area contributed by atoms with Gasteiger partial charge in [0.05, 0.1) is 52.4 Å². The molecule has 0 amide bonds. The van der Waals surface area contributed by atoms with Crippen molar-refractivity contribution in [1.29, 1.82) is 0 Å². The first-order valence-corrected chi connectivity index (χ1v) is 14.4. The Kier molecular flexibility index (Phi) is 20.2. The summed E-state index contributed by atoms with van der Waals surface area (Å²) in [6.45, 7) is 28.4. The predicted octanol–water partition coefficient (Wildman–Crippen LogP) is 6.52. The van der Waals surface area contributed by atoms with E-state index >= 15 is 0 Å². The van der Waals surface area contributed by atoms with E-state index in [0.29, 0.717) is 0 Å². The van der Waals surface area contributed by atoms with E-state index in [1.807, 2.05) is 0 Å². The summed E-state index contributed by atoms with van der Waals surface area (Å²) in [5, 5.41) is 0. The van der Waals surface area contributed by atoms with E-state index < -0.39 is 9.01 Å². The molecule has 0 fully saturated rings. The fourth-order valence-corrected chi connectivity index (χ4v) is 2.68. The summed E-state index contributed by atoms with van der Waals surface area (Å²) in [5.74, 6) is 0. The average Bonchev–Trinajstić information content (AvgIpc) is 2.52. The molecule has 23 heavy (non-hydrogen) atoms. The van der Waals surface area contributed by atoms with E-state index in [4.69, 9.17) is 40.6 Å². The Hall–Kier alpha value is 1.59. The Bertz CT molecular complexity index is 192. The van der Waals surface area contributed by atoms with Gasteiger partial charge in [-0.3, -0.25) is 0 Å². The standard InChI is InChI=1S/2C8H20N.4ClH.Co/c2*1-5-9(6-2,7-3)8-4;;;;;/h2*5-8H2,1-4H3;4*1H;/q2*+1;;;;;+4/p-4. The van der Waals surface area contributed by atoms with Crippen LogP contribution in [0.25, 0.3) is 0 Å². The summed E-state index contributed by atoms with van der Waals surface area (Å²) >= 11 is 0. The summed E-state index contributed by atoms with van der Waals surface area (Å²) in [7, 11) is 17.3. The molecule has 0 rings (SSSR count). The number of hydrogen-bond acceptors (Lipinski definition) is 0. The molecule has 0 aliphatic carbocycles. The number of hydrogen-bond donors (Lipinski definition) is 0. The third kappa shape index (κ3) is 16.8. The molecule has 0 aliphatic rings. The Morgan fingerprint density at radius 3 is 0.522 bits per heavy atom. The minimum absolute atomic E-state index is 1.28. The molecule has 0 bridgehead atoms. The maximum absolute atomic E-state index is 4.94. The normalized spacial score (nSPS) is 12.7. The van der Waals surface area contributed by atoms with Crippen LogP contribution in [0, 0.1) is 0 Å². The number of nitrogens with zero attached hydrogens (tertiary/aromatic N) is 2. The molecule has 0 aliphatic heterocycles. The number of halogens is 4. The van der Waals surface area contributed by atoms with Crippen LogP contribution in [0.2, 0.25) is 0 Å². The van der Waals surface area contributed by atoms with Crippen LogP contribution in [-0.2, 0) is 9.01 Å². The quantitative estimate of drug-likeness (QED) is 0.361. The molecule has 0 heterocycles. The summed E-state index contributed by atoms with van der Waals surface area (Å²) in [6, 6.07) is 0. The van der Waals surface area contributed by atoms with Gasteiger partial charge in [0.1, 0.15) is 0 Å². The van der Waals surface area contributed by atoms with Crippen LogP contribution in [0.15, 0.2) is 0 Å². The van der Waals surface area contributed by atoms with Crippen LogP contribution in [0.5, 0.6) is 0 Å². The van der Waals surface area contributed by atoms with Gasteiger partial charge in [0.15, 0.2) is 0 Å². The zero-order valence-corrected chi connectivity index (χ0v) is 20.5. The molecular formula is C16H40Cl4CoN2+2. The molecule has 2 nitrogen and oxygen atoms in total. The number of quaternary nitrogens is 2. The van der Waals surface area contributed by atoms with E-state index in [9.17, 15) is 0 Å². The molecule has 0 saturated heterocycles. The molecule has 0 aromatic heterocycles. The van der Waals surface area contributed by atoms with Gasteiger partial charge in [0.2, 0.25) is 0 Å². The zero-order chi connectivity index (χ0) is 19.2. The fourth-order valence-electron chi connectivity index (χ4n) is 2.68. The van der Waals surface area contributed by atoms with Crippen molar-refractivity contribution in [2.75, 3.05) is 52.4 Å².